The largest absolute Gasteiger partial charge is 0.349 e. The Morgan fingerprint density at radius 1 is 1.02 bits per heavy atom. The number of carbonyl (C=O) groups excluding carboxylic acids is 3. The number of amides is 3. The van der Waals surface area contributed by atoms with Crippen molar-refractivity contribution in [3.05, 3.63) is 71.2 Å². The van der Waals surface area contributed by atoms with Crippen LogP contribution < -0.4 is 15.4 Å². The highest BCUT2D eigenvalue weighted by Gasteiger charge is 2.67. The highest BCUT2D eigenvalue weighted by molar-refractivity contribution is 7.91. The van der Waals surface area contributed by atoms with Crippen molar-refractivity contribution in [3.8, 4) is 22.5 Å². The van der Waals surface area contributed by atoms with Crippen molar-refractivity contribution in [1.82, 2.24) is 34.9 Å². The van der Waals surface area contributed by atoms with Crippen LogP contribution in [0.1, 0.15) is 70.2 Å². The Morgan fingerprint density at radius 2 is 1.73 bits per heavy atom. The summed E-state index contributed by atoms with van der Waals surface area (Å²) in [4.78, 5) is 50.5. The molecular weight excluding hydrogens is 763 g/mol. The van der Waals surface area contributed by atoms with E-state index >= 15 is 0 Å². The molecular formula is C39H44F2N8O5S2. The number of anilines is 1. The molecule has 56 heavy (non-hydrogen) atoms. The van der Waals surface area contributed by atoms with E-state index in [9.17, 15) is 31.6 Å². The number of rotatable bonds is 7. The molecule has 3 fully saturated rings. The summed E-state index contributed by atoms with van der Waals surface area (Å²) in [7, 11) is -4.10. The third-order valence-corrected chi connectivity index (χ3v) is 13.8. The number of hydrogen-bond donors (Lipinski definition) is 3. The van der Waals surface area contributed by atoms with Crippen LogP contribution in [0.15, 0.2) is 60.0 Å². The number of aryl methyl sites for hydroxylation is 2. The molecule has 2 saturated carbocycles. The molecule has 3 N–H and O–H groups in total. The number of carbonyl (C=O) groups is 3. The first-order valence-corrected chi connectivity index (χ1v) is 21.3. The number of fused-ring (bicyclic) bond motifs is 10. The summed E-state index contributed by atoms with van der Waals surface area (Å²) in [6, 6.07) is 15.0. The minimum atomic E-state index is -4.10. The molecule has 2 aromatic heterocycles. The maximum absolute atomic E-state index is 14.8. The van der Waals surface area contributed by atoms with Gasteiger partial charge in [0.25, 0.3) is 5.91 Å². The average molecular weight is 807 g/mol. The van der Waals surface area contributed by atoms with Gasteiger partial charge in [-0.1, -0.05) is 69.3 Å². The van der Waals surface area contributed by atoms with Gasteiger partial charge in [-0.2, -0.15) is 15.0 Å². The second-order valence-electron chi connectivity index (χ2n) is 16.4. The second kappa shape index (κ2) is 14.3. The minimum absolute atomic E-state index is 0.00432. The van der Waals surface area contributed by atoms with E-state index in [0.717, 1.165) is 41.6 Å². The van der Waals surface area contributed by atoms with Crippen molar-refractivity contribution in [1.29, 1.82) is 0 Å². The van der Waals surface area contributed by atoms with E-state index in [-0.39, 0.29) is 13.0 Å². The minimum Gasteiger partial charge on any atom is -0.349 e. The molecule has 4 aromatic rings. The van der Waals surface area contributed by atoms with Crippen LogP contribution in [0.5, 0.6) is 0 Å². The van der Waals surface area contributed by atoms with Crippen molar-refractivity contribution in [2.24, 2.45) is 11.3 Å². The molecule has 8 rings (SSSR count). The predicted octanol–water partition coefficient (Wildman–Crippen LogP) is 4.97. The van der Waals surface area contributed by atoms with Crippen LogP contribution in [0.25, 0.3) is 22.5 Å². The van der Waals surface area contributed by atoms with E-state index in [1.54, 1.807) is 0 Å². The van der Waals surface area contributed by atoms with E-state index in [1.807, 2.05) is 73.3 Å². The molecule has 13 nitrogen and oxygen atoms in total. The SMILES string of the molecule is CC(C)(C)[C@@H]1Nc2nc(cs2)CCCc2cccc(c2)-c2nn(nc2-c2ccccc2)[C@@H]2C[C@@H](C(=O)N[C@]3(C(=O)NS(=O)(=O)C4CC4)C[C@H]3C(F)F)N(C2)C1=O. The number of halogens is 2. The van der Waals surface area contributed by atoms with E-state index in [0.29, 0.717) is 29.4 Å². The molecule has 4 aliphatic rings. The van der Waals surface area contributed by atoms with Gasteiger partial charge in [0.2, 0.25) is 28.3 Å². The second-order valence-corrected chi connectivity index (χ2v) is 19.2. The molecule has 8 bridgehead atoms. The molecule has 2 aliphatic heterocycles. The van der Waals surface area contributed by atoms with Gasteiger partial charge >= 0.3 is 0 Å². The predicted molar refractivity (Wildman–Crippen MR) is 206 cm³/mol. The summed E-state index contributed by atoms with van der Waals surface area (Å²) in [5, 5.41) is 17.5. The topological polar surface area (TPSA) is 168 Å². The molecule has 3 amide bonds. The Bertz CT molecular complexity index is 2270. The van der Waals surface area contributed by atoms with Crippen LogP contribution in [0.2, 0.25) is 0 Å². The summed E-state index contributed by atoms with van der Waals surface area (Å²) in [6.07, 6.45) is -0.385. The molecule has 0 spiro atoms. The lowest BCUT2D eigenvalue weighted by Crippen LogP contribution is -2.59. The van der Waals surface area contributed by atoms with Crippen molar-refractivity contribution in [3.63, 3.8) is 0 Å². The number of hydrogen-bond acceptors (Lipinski definition) is 10. The van der Waals surface area contributed by atoms with Gasteiger partial charge in [0, 0.05) is 29.5 Å². The fraction of sp³-hybridized carbons (Fsp3) is 0.487. The standard InChI is InChI=1S/C39H44F2N8O5S2/c1-38(2,3)32-35(51)48-20-26(18-29(48)34(50)44-39(19-28(39)33(40)41)36(52)47-56(53,54)27-15-16-27)49-45-30(23-11-5-4-6-12-23)31(46-49)24-13-7-9-22(17-24)10-8-14-25-21-55-37(42-25)43-32/h4-7,9,11-13,17,21,26-29,32-33H,8,10,14-16,18-20H2,1-3H3,(H,42,43)(H,44,50)(H,47,52)/t26-,28+,29+,32-,39-/m1/s1. The Hall–Kier alpha value is -4.77. The van der Waals surface area contributed by atoms with E-state index in [4.69, 9.17) is 15.2 Å². The van der Waals surface area contributed by atoms with Gasteiger partial charge < -0.3 is 15.5 Å². The molecule has 0 radical (unpaired) electrons. The normalized spacial score (nSPS) is 25.2. The maximum atomic E-state index is 14.8. The van der Waals surface area contributed by atoms with Gasteiger partial charge in [0.05, 0.1) is 22.9 Å². The fourth-order valence-corrected chi connectivity index (χ4v) is 9.89. The summed E-state index contributed by atoms with van der Waals surface area (Å²) in [5.74, 6) is -4.08. The number of nitrogens with zero attached hydrogens (tertiary/aromatic N) is 5. The first-order valence-electron chi connectivity index (χ1n) is 18.9. The fourth-order valence-electron chi connectivity index (χ4n) is 7.76. The summed E-state index contributed by atoms with van der Waals surface area (Å²) in [6.45, 7) is 5.67. The molecule has 5 atom stereocenters. The van der Waals surface area contributed by atoms with Crippen LogP contribution in [0.3, 0.4) is 0 Å². The highest BCUT2D eigenvalue weighted by Crippen LogP contribution is 2.49. The Balaban J connectivity index is 1.20. The monoisotopic (exact) mass is 806 g/mol. The number of aromatic nitrogens is 4. The van der Waals surface area contributed by atoms with Gasteiger partial charge in [0.1, 0.15) is 29.0 Å². The quantitative estimate of drug-likeness (QED) is 0.234. The van der Waals surface area contributed by atoms with Crippen LogP contribution in [-0.2, 0) is 37.2 Å². The van der Waals surface area contributed by atoms with Crippen molar-refractivity contribution >= 4 is 44.2 Å². The van der Waals surface area contributed by atoms with Crippen LogP contribution in [-0.4, -0.2) is 86.9 Å². The van der Waals surface area contributed by atoms with Gasteiger partial charge in [-0.15, -0.1) is 11.3 Å². The van der Waals surface area contributed by atoms with Gasteiger partial charge in [-0.05, 0) is 55.6 Å². The van der Waals surface area contributed by atoms with Crippen LogP contribution in [0.4, 0.5) is 13.9 Å². The number of thiazole rings is 1. The number of sulfonamides is 1. The Labute approximate surface area is 327 Å². The maximum Gasteiger partial charge on any atom is 0.259 e. The Kier molecular flexibility index (Phi) is 9.74. The molecule has 296 valence electrons. The zero-order valence-corrected chi connectivity index (χ0v) is 32.9. The molecule has 2 aliphatic carbocycles. The molecule has 1 saturated heterocycles. The van der Waals surface area contributed by atoms with Crippen LogP contribution >= 0.6 is 11.3 Å². The summed E-state index contributed by atoms with van der Waals surface area (Å²) < 4.78 is 55.9. The number of nitrogens with one attached hydrogen (secondary N) is 3. The third kappa shape index (κ3) is 7.42. The molecule has 2 aromatic carbocycles. The van der Waals surface area contributed by atoms with Crippen molar-refractivity contribution < 1.29 is 31.6 Å². The van der Waals surface area contributed by atoms with Crippen LogP contribution in [0, 0.1) is 11.3 Å². The van der Waals surface area contributed by atoms with Crippen molar-refractivity contribution in [2.45, 2.75) is 101 Å². The summed E-state index contributed by atoms with van der Waals surface area (Å²) in [5.41, 5.74) is 2.07. The van der Waals surface area contributed by atoms with Gasteiger partial charge in [-0.25, -0.2) is 22.2 Å². The lowest BCUT2D eigenvalue weighted by Gasteiger charge is -2.35. The smallest absolute Gasteiger partial charge is 0.259 e. The lowest BCUT2D eigenvalue weighted by atomic mass is 9.85. The van der Waals surface area contributed by atoms with Crippen molar-refractivity contribution in [2.75, 3.05) is 11.9 Å². The Morgan fingerprint density at radius 3 is 2.41 bits per heavy atom. The molecule has 17 heteroatoms. The van der Waals surface area contributed by atoms with Gasteiger partial charge in [0.15, 0.2) is 5.13 Å². The molecule has 0 unspecified atom stereocenters. The van der Waals surface area contributed by atoms with E-state index in [2.05, 4.69) is 22.8 Å². The zero-order valence-electron chi connectivity index (χ0n) is 31.2. The van der Waals surface area contributed by atoms with Gasteiger partial charge in [-0.3, -0.25) is 19.1 Å². The number of benzene rings is 2. The van der Waals surface area contributed by atoms with E-state index in [1.165, 1.54) is 21.0 Å². The summed E-state index contributed by atoms with van der Waals surface area (Å²) >= 11 is 1.38. The number of alkyl halides is 2. The lowest BCUT2D eigenvalue weighted by molar-refractivity contribution is -0.141. The average Bonchev–Trinajstić information content (AvgIpc) is 3.98. The first kappa shape index (κ1) is 38.1. The third-order valence-electron chi connectivity index (χ3n) is 11.2. The van der Waals surface area contributed by atoms with E-state index < -0.39 is 80.8 Å². The first-order chi connectivity index (χ1) is 26.6. The molecule has 4 heterocycles. The highest BCUT2D eigenvalue weighted by atomic mass is 32.2. The zero-order chi connectivity index (χ0) is 39.6.